The van der Waals surface area contributed by atoms with Gasteiger partial charge in [0.25, 0.3) is 11.1 Å². The van der Waals surface area contributed by atoms with Crippen molar-refractivity contribution in [1.82, 2.24) is 20.5 Å². The molecule has 0 fully saturated rings. The quantitative estimate of drug-likeness (QED) is 0.523. The molecule has 3 aromatic rings. The standard InChI is InChI=1S/C20H26N4O2S/c1-13(2)7-6-8-14(3)22-18(25)12-27-20-24-23-19(26-20)16-11-21-17-10-5-4-9-15(16)17/h4-5,9-11,13-14,21H,6-8,12H2,1-3H3,(H,22,25). The molecular formula is C20H26N4O2S. The van der Waals surface area contributed by atoms with E-state index >= 15 is 0 Å². The number of fused-ring (bicyclic) bond motifs is 1. The number of H-pyrrole nitrogens is 1. The lowest BCUT2D eigenvalue weighted by Crippen LogP contribution is -2.33. The zero-order valence-corrected chi connectivity index (χ0v) is 16.8. The predicted molar refractivity (Wildman–Crippen MR) is 109 cm³/mol. The minimum Gasteiger partial charge on any atom is -0.411 e. The first-order chi connectivity index (χ1) is 13.0. The molecule has 1 unspecified atom stereocenters. The van der Waals surface area contributed by atoms with E-state index in [0.717, 1.165) is 29.3 Å². The average Bonchev–Trinajstić information content (AvgIpc) is 3.26. The van der Waals surface area contributed by atoms with Crippen molar-refractivity contribution in [3.63, 3.8) is 0 Å². The largest absolute Gasteiger partial charge is 0.411 e. The van der Waals surface area contributed by atoms with Crippen molar-refractivity contribution in [2.24, 2.45) is 5.92 Å². The second kappa shape index (κ2) is 9.08. The number of carbonyl (C=O) groups excluding carboxylic acids is 1. The monoisotopic (exact) mass is 386 g/mol. The number of hydrogen-bond donors (Lipinski definition) is 2. The lowest BCUT2D eigenvalue weighted by atomic mass is 10.0. The Morgan fingerprint density at radius 2 is 2.04 bits per heavy atom. The zero-order chi connectivity index (χ0) is 19.2. The number of nitrogens with zero attached hydrogens (tertiary/aromatic N) is 2. The van der Waals surface area contributed by atoms with Crippen LogP contribution in [0.4, 0.5) is 0 Å². The van der Waals surface area contributed by atoms with E-state index in [1.54, 1.807) is 0 Å². The zero-order valence-electron chi connectivity index (χ0n) is 16.0. The first-order valence-corrected chi connectivity index (χ1v) is 10.3. The van der Waals surface area contributed by atoms with Crippen molar-refractivity contribution in [3.05, 3.63) is 30.5 Å². The first kappa shape index (κ1) is 19.5. The van der Waals surface area contributed by atoms with Crippen LogP contribution in [0.1, 0.15) is 40.0 Å². The molecule has 1 atom stereocenters. The average molecular weight is 387 g/mol. The molecule has 2 heterocycles. The summed E-state index contributed by atoms with van der Waals surface area (Å²) < 4.78 is 5.72. The van der Waals surface area contributed by atoms with Crippen LogP contribution in [0.25, 0.3) is 22.4 Å². The number of rotatable bonds is 9. The summed E-state index contributed by atoms with van der Waals surface area (Å²) in [5.74, 6) is 1.41. The molecule has 27 heavy (non-hydrogen) atoms. The fraction of sp³-hybridized carbons (Fsp3) is 0.450. The first-order valence-electron chi connectivity index (χ1n) is 9.35. The number of thioether (sulfide) groups is 1. The molecule has 0 bridgehead atoms. The number of benzene rings is 1. The molecule has 0 saturated heterocycles. The maximum atomic E-state index is 12.1. The normalized spacial score (nSPS) is 12.6. The maximum Gasteiger partial charge on any atom is 0.277 e. The highest BCUT2D eigenvalue weighted by Crippen LogP contribution is 2.29. The molecule has 0 radical (unpaired) electrons. The molecule has 0 aliphatic heterocycles. The van der Waals surface area contributed by atoms with Crippen LogP contribution in [-0.2, 0) is 4.79 Å². The molecular weight excluding hydrogens is 360 g/mol. The van der Waals surface area contributed by atoms with Crippen molar-refractivity contribution in [3.8, 4) is 11.5 Å². The van der Waals surface area contributed by atoms with Crippen LogP contribution in [0, 0.1) is 5.92 Å². The predicted octanol–water partition coefficient (Wildman–Crippen LogP) is 4.64. The van der Waals surface area contributed by atoms with Gasteiger partial charge in [-0.1, -0.05) is 56.7 Å². The van der Waals surface area contributed by atoms with Gasteiger partial charge in [-0.3, -0.25) is 4.79 Å². The maximum absolute atomic E-state index is 12.1. The van der Waals surface area contributed by atoms with E-state index in [2.05, 4.69) is 34.3 Å². The molecule has 2 N–H and O–H groups in total. The van der Waals surface area contributed by atoms with Gasteiger partial charge in [0.2, 0.25) is 5.91 Å². The Kier molecular flexibility index (Phi) is 6.55. The molecule has 144 valence electrons. The summed E-state index contributed by atoms with van der Waals surface area (Å²) in [6.07, 6.45) is 5.18. The van der Waals surface area contributed by atoms with E-state index < -0.39 is 0 Å². The Morgan fingerprint density at radius 1 is 1.22 bits per heavy atom. The third kappa shape index (κ3) is 5.35. The molecule has 6 nitrogen and oxygen atoms in total. The van der Waals surface area contributed by atoms with Gasteiger partial charge in [-0.15, -0.1) is 10.2 Å². The van der Waals surface area contributed by atoms with E-state index in [1.807, 2.05) is 37.4 Å². The molecule has 1 amide bonds. The second-order valence-electron chi connectivity index (χ2n) is 7.20. The molecule has 0 aliphatic rings. The number of aromatic amines is 1. The third-order valence-corrected chi connectivity index (χ3v) is 5.20. The minimum atomic E-state index is -0.0103. The fourth-order valence-corrected chi connectivity index (χ4v) is 3.55. The van der Waals surface area contributed by atoms with Crippen LogP contribution in [0.5, 0.6) is 0 Å². The number of aromatic nitrogens is 3. The molecule has 0 spiro atoms. The molecule has 7 heteroatoms. The molecule has 0 aliphatic carbocycles. The van der Waals surface area contributed by atoms with Crippen LogP contribution in [0.15, 0.2) is 40.1 Å². The van der Waals surface area contributed by atoms with E-state index in [4.69, 9.17) is 4.42 Å². The van der Waals surface area contributed by atoms with Crippen molar-refractivity contribution in [2.75, 3.05) is 5.75 Å². The summed E-state index contributed by atoms with van der Waals surface area (Å²) in [5.41, 5.74) is 1.89. The lowest BCUT2D eigenvalue weighted by Gasteiger charge is -2.14. The summed E-state index contributed by atoms with van der Waals surface area (Å²) in [4.78, 5) is 15.3. The summed E-state index contributed by atoms with van der Waals surface area (Å²) in [7, 11) is 0. The Labute approximate surface area is 163 Å². The van der Waals surface area contributed by atoms with E-state index in [0.29, 0.717) is 17.0 Å². The number of hydrogen-bond acceptors (Lipinski definition) is 5. The SMILES string of the molecule is CC(C)CCCC(C)NC(=O)CSc1nnc(-c2c[nH]c3ccccc23)o1. The highest BCUT2D eigenvalue weighted by atomic mass is 32.2. The van der Waals surface area contributed by atoms with Crippen LogP contribution in [-0.4, -0.2) is 32.9 Å². The topological polar surface area (TPSA) is 83.8 Å². The van der Waals surface area contributed by atoms with Gasteiger partial charge in [-0.25, -0.2) is 0 Å². The van der Waals surface area contributed by atoms with E-state index in [-0.39, 0.29) is 17.7 Å². The van der Waals surface area contributed by atoms with Gasteiger partial charge in [0.05, 0.1) is 11.3 Å². The van der Waals surface area contributed by atoms with Crippen LogP contribution >= 0.6 is 11.8 Å². The van der Waals surface area contributed by atoms with Gasteiger partial charge >= 0.3 is 0 Å². The molecule has 1 aromatic carbocycles. The van der Waals surface area contributed by atoms with Crippen molar-refractivity contribution < 1.29 is 9.21 Å². The van der Waals surface area contributed by atoms with Gasteiger partial charge in [0.15, 0.2) is 0 Å². The van der Waals surface area contributed by atoms with Crippen LogP contribution in [0.3, 0.4) is 0 Å². The summed E-state index contributed by atoms with van der Waals surface area (Å²) in [6.45, 7) is 6.48. The second-order valence-corrected chi connectivity index (χ2v) is 8.13. The minimum absolute atomic E-state index is 0.0103. The van der Waals surface area contributed by atoms with Gasteiger partial charge in [-0.05, 0) is 25.3 Å². The van der Waals surface area contributed by atoms with Gasteiger partial charge in [-0.2, -0.15) is 0 Å². The number of carbonyl (C=O) groups is 1. The highest BCUT2D eigenvalue weighted by molar-refractivity contribution is 7.99. The number of para-hydroxylation sites is 1. The van der Waals surface area contributed by atoms with Gasteiger partial charge in [0, 0.05) is 23.1 Å². The summed E-state index contributed by atoms with van der Waals surface area (Å²) in [6, 6.07) is 8.13. The molecule has 3 rings (SSSR count). The van der Waals surface area contributed by atoms with E-state index in [9.17, 15) is 4.79 Å². The Balaban J connectivity index is 1.50. The molecule has 0 saturated carbocycles. The number of nitrogens with one attached hydrogen (secondary N) is 2. The van der Waals surface area contributed by atoms with E-state index in [1.165, 1.54) is 18.2 Å². The van der Waals surface area contributed by atoms with Crippen molar-refractivity contribution in [2.45, 2.75) is 51.3 Å². The lowest BCUT2D eigenvalue weighted by molar-refractivity contribution is -0.119. The Bertz CT molecular complexity index is 887. The van der Waals surface area contributed by atoms with Crippen molar-refractivity contribution in [1.29, 1.82) is 0 Å². The Hall–Kier alpha value is -2.28. The van der Waals surface area contributed by atoms with Gasteiger partial charge in [0.1, 0.15) is 0 Å². The highest BCUT2D eigenvalue weighted by Gasteiger charge is 2.15. The van der Waals surface area contributed by atoms with Crippen molar-refractivity contribution >= 4 is 28.6 Å². The molecule has 2 aromatic heterocycles. The number of amides is 1. The third-order valence-electron chi connectivity index (χ3n) is 4.38. The fourth-order valence-electron chi connectivity index (χ4n) is 2.97. The summed E-state index contributed by atoms with van der Waals surface area (Å²) >= 11 is 1.26. The smallest absolute Gasteiger partial charge is 0.277 e. The van der Waals surface area contributed by atoms with Crippen LogP contribution < -0.4 is 5.32 Å². The van der Waals surface area contributed by atoms with Crippen LogP contribution in [0.2, 0.25) is 0 Å². The Morgan fingerprint density at radius 3 is 2.85 bits per heavy atom. The summed E-state index contributed by atoms with van der Waals surface area (Å²) in [5, 5.41) is 12.6. The van der Waals surface area contributed by atoms with Gasteiger partial charge < -0.3 is 14.7 Å².